The van der Waals surface area contributed by atoms with E-state index in [2.05, 4.69) is 28.7 Å². The molecule has 2 heterocycles. The van der Waals surface area contributed by atoms with Crippen LogP contribution in [0.5, 0.6) is 0 Å². The quantitative estimate of drug-likeness (QED) is 0.455. The number of ketones is 1. The lowest BCUT2D eigenvalue weighted by molar-refractivity contribution is 0.101. The molecule has 4 rings (SSSR count). The Bertz CT molecular complexity index is 1060. The lowest BCUT2D eigenvalue weighted by Crippen LogP contribution is -2.14. The number of aromatic nitrogens is 4. The maximum absolute atomic E-state index is 11.7. The van der Waals surface area contributed by atoms with Gasteiger partial charge in [-0.2, -0.15) is 5.10 Å². The lowest BCUT2D eigenvalue weighted by Gasteiger charge is -2.18. The molecule has 0 aliphatic heterocycles. The summed E-state index contributed by atoms with van der Waals surface area (Å²) in [7, 11) is 0. The van der Waals surface area contributed by atoms with E-state index < -0.39 is 0 Å². The topological polar surface area (TPSA) is 52.7 Å². The van der Waals surface area contributed by atoms with E-state index in [1.807, 2.05) is 65.7 Å². The van der Waals surface area contributed by atoms with Crippen LogP contribution in [0.3, 0.4) is 0 Å². The zero-order valence-corrected chi connectivity index (χ0v) is 16.0. The van der Waals surface area contributed by atoms with Crippen LogP contribution in [0, 0.1) is 0 Å². The van der Waals surface area contributed by atoms with E-state index in [-0.39, 0.29) is 11.8 Å². The smallest absolute Gasteiger partial charge is 0.159 e. The Kier molecular flexibility index (Phi) is 4.89. The number of carbonyl (C=O) groups is 1. The van der Waals surface area contributed by atoms with Gasteiger partial charge >= 0.3 is 0 Å². The zero-order chi connectivity index (χ0) is 19.5. The molecular weight excluding hydrogens is 348 g/mol. The van der Waals surface area contributed by atoms with Gasteiger partial charge in [0.25, 0.3) is 0 Å². The predicted octanol–water partition coefficient (Wildman–Crippen LogP) is 4.88. The average molecular weight is 370 g/mol. The molecule has 5 nitrogen and oxygen atoms in total. The molecule has 2 aromatic heterocycles. The monoisotopic (exact) mass is 370 g/mol. The number of nitrogens with zero attached hydrogens (tertiary/aromatic N) is 4. The molecule has 0 bridgehead atoms. The van der Waals surface area contributed by atoms with Gasteiger partial charge in [0.2, 0.25) is 0 Å². The Morgan fingerprint density at radius 1 is 1.00 bits per heavy atom. The Labute approximate surface area is 164 Å². The molecule has 0 radical (unpaired) electrons. The summed E-state index contributed by atoms with van der Waals surface area (Å²) in [5, 5.41) is 4.33. The standard InChI is InChI=1S/C23H22N4O/c1-17(15-26-14-6-13-25-26)27-16-24-22(20-7-4-3-5-8-20)23(27)21-11-9-19(10-12-21)18(2)28/h3-14,16-17H,15H2,1-2H3. The minimum atomic E-state index is 0.0652. The van der Waals surface area contributed by atoms with E-state index in [1.54, 1.807) is 13.1 Å². The Morgan fingerprint density at radius 3 is 2.39 bits per heavy atom. The predicted molar refractivity (Wildman–Crippen MR) is 110 cm³/mol. The van der Waals surface area contributed by atoms with Crippen molar-refractivity contribution in [2.24, 2.45) is 0 Å². The summed E-state index contributed by atoms with van der Waals surface area (Å²) in [4.78, 5) is 16.4. The molecule has 140 valence electrons. The number of hydrogen-bond acceptors (Lipinski definition) is 3. The Morgan fingerprint density at radius 2 is 1.75 bits per heavy atom. The van der Waals surface area contributed by atoms with Crippen molar-refractivity contribution in [2.75, 3.05) is 0 Å². The highest BCUT2D eigenvalue weighted by Gasteiger charge is 2.19. The Balaban J connectivity index is 1.80. The molecule has 0 N–H and O–H groups in total. The van der Waals surface area contributed by atoms with Crippen molar-refractivity contribution in [3.8, 4) is 22.5 Å². The molecule has 28 heavy (non-hydrogen) atoms. The highest BCUT2D eigenvalue weighted by Crippen LogP contribution is 2.33. The third-order valence-corrected chi connectivity index (χ3v) is 4.89. The van der Waals surface area contributed by atoms with Crippen molar-refractivity contribution < 1.29 is 4.79 Å². The molecule has 0 saturated carbocycles. The van der Waals surface area contributed by atoms with Gasteiger partial charge in [-0.25, -0.2) is 4.98 Å². The van der Waals surface area contributed by atoms with Crippen LogP contribution in [0.1, 0.15) is 30.2 Å². The summed E-state index contributed by atoms with van der Waals surface area (Å²) in [5.74, 6) is 0.0652. The maximum Gasteiger partial charge on any atom is 0.159 e. The van der Waals surface area contributed by atoms with Crippen molar-refractivity contribution >= 4 is 5.78 Å². The van der Waals surface area contributed by atoms with Crippen LogP contribution in [0.25, 0.3) is 22.5 Å². The minimum Gasteiger partial charge on any atom is -0.325 e. The van der Waals surface area contributed by atoms with Gasteiger partial charge < -0.3 is 4.57 Å². The van der Waals surface area contributed by atoms with Gasteiger partial charge in [-0.05, 0) is 19.9 Å². The molecule has 0 spiro atoms. The highest BCUT2D eigenvalue weighted by atomic mass is 16.1. The number of Topliss-reactive ketones (excluding diaryl/α,β-unsaturated/α-hetero) is 1. The highest BCUT2D eigenvalue weighted by molar-refractivity contribution is 5.94. The molecule has 1 unspecified atom stereocenters. The summed E-state index contributed by atoms with van der Waals surface area (Å²) in [6.45, 7) is 4.49. The second kappa shape index (κ2) is 7.64. The fourth-order valence-electron chi connectivity index (χ4n) is 3.42. The molecule has 0 saturated heterocycles. The first-order valence-corrected chi connectivity index (χ1v) is 9.34. The molecule has 4 aromatic rings. The van der Waals surface area contributed by atoms with Crippen LogP contribution in [-0.4, -0.2) is 25.1 Å². The molecule has 0 aliphatic rings. The van der Waals surface area contributed by atoms with Crippen molar-refractivity contribution in [3.05, 3.63) is 84.9 Å². The van der Waals surface area contributed by atoms with Crippen molar-refractivity contribution in [1.82, 2.24) is 19.3 Å². The van der Waals surface area contributed by atoms with Gasteiger partial charge in [0, 0.05) is 29.1 Å². The van der Waals surface area contributed by atoms with Crippen molar-refractivity contribution in [1.29, 1.82) is 0 Å². The fraction of sp³-hybridized carbons (Fsp3) is 0.174. The van der Waals surface area contributed by atoms with Gasteiger partial charge in [-0.1, -0.05) is 54.6 Å². The average Bonchev–Trinajstić information content (AvgIpc) is 3.38. The molecule has 0 fully saturated rings. The van der Waals surface area contributed by atoms with Gasteiger partial charge in [0.15, 0.2) is 5.78 Å². The number of hydrogen-bond donors (Lipinski definition) is 0. The lowest BCUT2D eigenvalue weighted by atomic mass is 10.0. The summed E-state index contributed by atoms with van der Waals surface area (Å²) in [6, 6.07) is 20.0. The van der Waals surface area contributed by atoms with Crippen LogP contribution in [0.15, 0.2) is 79.4 Å². The number of carbonyl (C=O) groups excluding carboxylic acids is 1. The molecule has 1 atom stereocenters. The second-order valence-electron chi connectivity index (χ2n) is 6.93. The van der Waals surface area contributed by atoms with E-state index >= 15 is 0 Å². The largest absolute Gasteiger partial charge is 0.325 e. The van der Waals surface area contributed by atoms with Crippen LogP contribution < -0.4 is 0 Å². The Hall–Kier alpha value is -3.47. The minimum absolute atomic E-state index is 0.0652. The van der Waals surface area contributed by atoms with Crippen LogP contribution in [0.4, 0.5) is 0 Å². The summed E-state index contributed by atoms with van der Waals surface area (Å²) in [5.41, 5.74) is 4.79. The van der Waals surface area contributed by atoms with Gasteiger partial charge in [-0.15, -0.1) is 0 Å². The van der Waals surface area contributed by atoms with Gasteiger partial charge in [0.05, 0.1) is 30.3 Å². The first-order chi connectivity index (χ1) is 13.6. The van der Waals surface area contributed by atoms with E-state index in [4.69, 9.17) is 4.98 Å². The van der Waals surface area contributed by atoms with Crippen LogP contribution >= 0.6 is 0 Å². The van der Waals surface area contributed by atoms with Gasteiger partial charge in [-0.3, -0.25) is 9.48 Å². The summed E-state index contributed by atoms with van der Waals surface area (Å²) in [6.07, 6.45) is 5.65. The normalized spacial score (nSPS) is 12.1. The molecule has 5 heteroatoms. The zero-order valence-electron chi connectivity index (χ0n) is 16.0. The van der Waals surface area contributed by atoms with Crippen LogP contribution in [0.2, 0.25) is 0 Å². The summed E-state index contributed by atoms with van der Waals surface area (Å²) >= 11 is 0. The number of imidazole rings is 1. The van der Waals surface area contributed by atoms with Crippen molar-refractivity contribution in [3.63, 3.8) is 0 Å². The summed E-state index contributed by atoms with van der Waals surface area (Å²) < 4.78 is 4.11. The first kappa shape index (κ1) is 17.9. The van der Waals surface area contributed by atoms with Crippen LogP contribution in [-0.2, 0) is 6.54 Å². The third-order valence-electron chi connectivity index (χ3n) is 4.89. The fourth-order valence-corrected chi connectivity index (χ4v) is 3.42. The SMILES string of the molecule is CC(=O)c1ccc(-c2c(-c3ccccc3)ncn2C(C)Cn2cccn2)cc1. The molecular formula is C23H22N4O. The molecule has 0 aliphatic carbocycles. The maximum atomic E-state index is 11.7. The first-order valence-electron chi connectivity index (χ1n) is 9.34. The van der Waals surface area contributed by atoms with Crippen molar-refractivity contribution in [2.45, 2.75) is 26.4 Å². The third kappa shape index (κ3) is 3.51. The van der Waals surface area contributed by atoms with Gasteiger partial charge in [0.1, 0.15) is 0 Å². The van der Waals surface area contributed by atoms with E-state index in [1.165, 1.54) is 0 Å². The number of benzene rings is 2. The van der Waals surface area contributed by atoms with E-state index in [9.17, 15) is 4.79 Å². The van der Waals surface area contributed by atoms with E-state index in [0.717, 1.165) is 29.1 Å². The second-order valence-corrected chi connectivity index (χ2v) is 6.93. The molecule has 2 aromatic carbocycles. The van der Waals surface area contributed by atoms with E-state index in [0.29, 0.717) is 5.56 Å². The molecule has 0 amide bonds. The number of rotatable bonds is 6.